The third-order valence-corrected chi connectivity index (χ3v) is 3.56. The van der Waals surface area contributed by atoms with Gasteiger partial charge in [-0.2, -0.15) is 0 Å². The van der Waals surface area contributed by atoms with E-state index < -0.39 is 5.91 Å². The largest absolute Gasteiger partial charge is 0.366 e. The first kappa shape index (κ1) is 14.1. The van der Waals surface area contributed by atoms with Crippen molar-refractivity contribution in [2.75, 3.05) is 11.1 Å². The summed E-state index contributed by atoms with van der Waals surface area (Å²) < 4.78 is 0. The van der Waals surface area contributed by atoms with E-state index >= 15 is 0 Å². The maximum Gasteiger partial charge on any atom is 0.248 e. The number of carbonyl (C=O) groups is 2. The lowest BCUT2D eigenvalue weighted by Gasteiger charge is -2.06. The maximum absolute atomic E-state index is 11.8. The monoisotopic (exact) mass is 286 g/mol. The predicted octanol–water partition coefficient (Wildman–Crippen LogP) is 2.52. The summed E-state index contributed by atoms with van der Waals surface area (Å²) in [4.78, 5) is 23.9. The number of hydrogen-bond acceptors (Lipinski definition) is 3. The molecule has 0 aliphatic heterocycles. The number of anilines is 1. The molecule has 20 heavy (non-hydrogen) atoms. The van der Waals surface area contributed by atoms with E-state index in [0.717, 1.165) is 4.90 Å². The average molecular weight is 286 g/mol. The molecule has 2 rings (SSSR count). The van der Waals surface area contributed by atoms with E-state index in [1.165, 1.54) is 11.8 Å². The van der Waals surface area contributed by atoms with Crippen molar-refractivity contribution in [3.8, 4) is 0 Å². The Hall–Kier alpha value is -2.27. The molecule has 0 aliphatic rings. The third kappa shape index (κ3) is 4.13. The van der Waals surface area contributed by atoms with Crippen LogP contribution in [-0.4, -0.2) is 17.6 Å². The second-order valence-corrected chi connectivity index (χ2v) is 5.14. The summed E-state index contributed by atoms with van der Waals surface area (Å²) in [5.41, 5.74) is 6.14. The molecule has 0 unspecified atom stereocenters. The molecule has 0 bridgehead atoms. The standard InChI is InChI=1S/C15H14N2O2S/c16-15(19)11-5-4-6-12(9-11)17-14(18)10-20-13-7-2-1-3-8-13/h1-9H,10H2,(H2,16,19)(H,17,18). The Morgan fingerprint density at radius 1 is 1.05 bits per heavy atom. The highest BCUT2D eigenvalue weighted by Gasteiger charge is 2.05. The Balaban J connectivity index is 1.91. The number of benzene rings is 2. The second-order valence-electron chi connectivity index (χ2n) is 4.09. The Morgan fingerprint density at radius 3 is 2.50 bits per heavy atom. The smallest absolute Gasteiger partial charge is 0.248 e. The summed E-state index contributed by atoms with van der Waals surface area (Å²) >= 11 is 1.45. The summed E-state index contributed by atoms with van der Waals surface area (Å²) in [6.45, 7) is 0. The van der Waals surface area contributed by atoms with Crippen LogP contribution in [0.4, 0.5) is 5.69 Å². The van der Waals surface area contributed by atoms with E-state index in [-0.39, 0.29) is 5.91 Å². The summed E-state index contributed by atoms with van der Waals surface area (Å²) in [7, 11) is 0. The first-order valence-electron chi connectivity index (χ1n) is 6.03. The molecule has 0 heterocycles. The zero-order valence-electron chi connectivity index (χ0n) is 10.7. The normalized spacial score (nSPS) is 10.0. The Morgan fingerprint density at radius 2 is 1.80 bits per heavy atom. The first-order chi connectivity index (χ1) is 9.65. The quantitative estimate of drug-likeness (QED) is 0.830. The Bertz CT molecular complexity index is 614. The molecule has 0 saturated carbocycles. The number of nitrogens with two attached hydrogens (primary N) is 1. The highest BCUT2D eigenvalue weighted by molar-refractivity contribution is 8.00. The molecule has 4 nitrogen and oxygen atoms in total. The van der Waals surface area contributed by atoms with Gasteiger partial charge in [0.05, 0.1) is 5.75 Å². The number of amides is 2. The molecule has 2 aromatic carbocycles. The Kier molecular flexibility index (Phi) is 4.79. The lowest BCUT2D eigenvalue weighted by molar-refractivity contribution is -0.113. The summed E-state index contributed by atoms with van der Waals surface area (Å²) in [6, 6.07) is 16.3. The van der Waals surface area contributed by atoms with Gasteiger partial charge in [0.2, 0.25) is 11.8 Å². The molecule has 2 amide bonds. The first-order valence-corrected chi connectivity index (χ1v) is 7.01. The molecule has 0 aromatic heterocycles. The SMILES string of the molecule is NC(=O)c1cccc(NC(=O)CSc2ccccc2)c1. The van der Waals surface area contributed by atoms with Crippen LogP contribution in [-0.2, 0) is 4.79 Å². The minimum absolute atomic E-state index is 0.125. The number of rotatable bonds is 5. The minimum Gasteiger partial charge on any atom is -0.366 e. The molecular weight excluding hydrogens is 272 g/mol. The number of nitrogens with one attached hydrogen (secondary N) is 1. The van der Waals surface area contributed by atoms with Gasteiger partial charge in [-0.25, -0.2) is 0 Å². The molecule has 0 radical (unpaired) electrons. The van der Waals surface area contributed by atoms with Crippen molar-refractivity contribution >= 4 is 29.3 Å². The van der Waals surface area contributed by atoms with Gasteiger partial charge in [-0.3, -0.25) is 9.59 Å². The van der Waals surface area contributed by atoms with Gasteiger partial charge in [0, 0.05) is 16.1 Å². The van der Waals surface area contributed by atoms with Crippen molar-refractivity contribution in [2.24, 2.45) is 5.73 Å². The van der Waals surface area contributed by atoms with Crippen LogP contribution in [0, 0.1) is 0 Å². The van der Waals surface area contributed by atoms with E-state index in [9.17, 15) is 9.59 Å². The van der Waals surface area contributed by atoms with Gasteiger partial charge in [-0.15, -0.1) is 11.8 Å². The van der Waals surface area contributed by atoms with Gasteiger partial charge in [0.1, 0.15) is 0 Å². The number of carbonyl (C=O) groups excluding carboxylic acids is 2. The van der Waals surface area contributed by atoms with Crippen LogP contribution in [0.25, 0.3) is 0 Å². The molecular formula is C15H14N2O2S. The number of hydrogen-bond donors (Lipinski definition) is 2. The maximum atomic E-state index is 11.8. The molecule has 0 atom stereocenters. The van der Waals surface area contributed by atoms with Crippen LogP contribution in [0.5, 0.6) is 0 Å². The molecule has 3 N–H and O–H groups in total. The second kappa shape index (κ2) is 6.77. The lowest BCUT2D eigenvalue weighted by Crippen LogP contribution is -2.15. The number of thioether (sulfide) groups is 1. The third-order valence-electron chi connectivity index (χ3n) is 2.54. The van der Waals surface area contributed by atoms with Crippen molar-refractivity contribution in [1.82, 2.24) is 0 Å². The molecule has 0 aliphatic carbocycles. The van der Waals surface area contributed by atoms with E-state index in [1.807, 2.05) is 30.3 Å². The summed E-state index contributed by atoms with van der Waals surface area (Å²) in [5.74, 6) is -0.328. The van der Waals surface area contributed by atoms with Crippen molar-refractivity contribution in [1.29, 1.82) is 0 Å². The van der Waals surface area contributed by atoms with Gasteiger partial charge in [-0.1, -0.05) is 24.3 Å². The molecule has 5 heteroatoms. The van der Waals surface area contributed by atoms with Gasteiger partial charge in [0.15, 0.2) is 0 Å². The number of primary amides is 1. The van der Waals surface area contributed by atoms with Crippen molar-refractivity contribution < 1.29 is 9.59 Å². The average Bonchev–Trinajstić information content (AvgIpc) is 2.46. The van der Waals surface area contributed by atoms with Crippen LogP contribution in [0.2, 0.25) is 0 Å². The van der Waals surface area contributed by atoms with Crippen LogP contribution in [0.3, 0.4) is 0 Å². The fourth-order valence-corrected chi connectivity index (χ4v) is 2.33. The minimum atomic E-state index is -0.514. The zero-order chi connectivity index (χ0) is 14.4. The molecule has 0 spiro atoms. The van der Waals surface area contributed by atoms with Gasteiger partial charge in [0.25, 0.3) is 0 Å². The fraction of sp³-hybridized carbons (Fsp3) is 0.0667. The van der Waals surface area contributed by atoms with E-state index in [1.54, 1.807) is 24.3 Å². The molecule has 0 saturated heterocycles. The molecule has 102 valence electrons. The van der Waals surface area contributed by atoms with E-state index in [2.05, 4.69) is 5.32 Å². The van der Waals surface area contributed by atoms with Crippen LogP contribution in [0.15, 0.2) is 59.5 Å². The van der Waals surface area contributed by atoms with Crippen LogP contribution < -0.4 is 11.1 Å². The van der Waals surface area contributed by atoms with Crippen LogP contribution in [0.1, 0.15) is 10.4 Å². The molecule has 2 aromatic rings. The van der Waals surface area contributed by atoms with Crippen molar-refractivity contribution in [3.05, 3.63) is 60.2 Å². The van der Waals surface area contributed by atoms with E-state index in [0.29, 0.717) is 17.0 Å². The van der Waals surface area contributed by atoms with Crippen molar-refractivity contribution in [2.45, 2.75) is 4.90 Å². The lowest BCUT2D eigenvalue weighted by atomic mass is 10.2. The van der Waals surface area contributed by atoms with Gasteiger partial charge < -0.3 is 11.1 Å². The summed E-state index contributed by atoms with van der Waals surface area (Å²) in [6.07, 6.45) is 0. The zero-order valence-corrected chi connectivity index (χ0v) is 11.5. The van der Waals surface area contributed by atoms with Crippen molar-refractivity contribution in [3.63, 3.8) is 0 Å². The van der Waals surface area contributed by atoms with Gasteiger partial charge in [-0.05, 0) is 30.3 Å². The van der Waals surface area contributed by atoms with Gasteiger partial charge >= 0.3 is 0 Å². The van der Waals surface area contributed by atoms with E-state index in [4.69, 9.17) is 5.73 Å². The Labute approximate surface area is 121 Å². The van der Waals surface area contributed by atoms with Crippen LogP contribution >= 0.6 is 11.8 Å². The molecule has 0 fully saturated rings. The predicted molar refractivity (Wildman–Crippen MR) is 80.8 cm³/mol. The summed E-state index contributed by atoms with van der Waals surface area (Å²) in [5, 5.41) is 2.74. The fourth-order valence-electron chi connectivity index (χ4n) is 1.61. The topological polar surface area (TPSA) is 72.2 Å². The highest BCUT2D eigenvalue weighted by Crippen LogP contribution is 2.17. The highest BCUT2D eigenvalue weighted by atomic mass is 32.2.